The van der Waals surface area contributed by atoms with Crippen molar-refractivity contribution in [3.8, 4) is 5.75 Å². The fourth-order valence-corrected chi connectivity index (χ4v) is 2.39. The van der Waals surface area contributed by atoms with Crippen LogP contribution in [0, 0.1) is 0 Å². The summed E-state index contributed by atoms with van der Waals surface area (Å²) in [5.74, 6) is 0.176. The lowest BCUT2D eigenvalue weighted by atomic mass is 10.1. The second-order valence-corrected chi connectivity index (χ2v) is 5.28. The molecule has 2 aromatic rings. The van der Waals surface area contributed by atoms with E-state index in [1.165, 1.54) is 12.1 Å². The first-order valence-corrected chi connectivity index (χ1v) is 7.15. The van der Waals surface area contributed by atoms with Gasteiger partial charge in [0.2, 0.25) is 5.90 Å². The fraction of sp³-hybridized carbons (Fsp3) is 0.176. The maximum Gasteiger partial charge on any atom is 0.416 e. The minimum atomic E-state index is -4.44. The second kappa shape index (κ2) is 5.99. The highest BCUT2D eigenvalue weighted by Gasteiger charge is 2.31. The van der Waals surface area contributed by atoms with E-state index in [1.54, 1.807) is 31.2 Å². The maximum atomic E-state index is 12.8. The quantitative estimate of drug-likeness (QED) is 0.831. The number of nitrogens with zero attached hydrogens (tertiary/aromatic N) is 2. The molecule has 0 radical (unpaired) electrons. The van der Waals surface area contributed by atoms with Crippen molar-refractivity contribution in [3.63, 3.8) is 0 Å². The Kier molecular flexibility index (Phi) is 4.01. The van der Waals surface area contributed by atoms with Gasteiger partial charge in [0, 0.05) is 6.92 Å². The van der Waals surface area contributed by atoms with Gasteiger partial charge in [-0.1, -0.05) is 24.3 Å². The average Bonchev–Trinajstić information content (AvgIpc) is 2.64. The number of rotatable bonds is 2. The summed E-state index contributed by atoms with van der Waals surface area (Å²) in [6.07, 6.45) is -4.44. The predicted octanol–water partition coefficient (Wildman–Crippen LogP) is 4.07. The molecule has 4 nitrogen and oxygen atoms in total. The van der Waals surface area contributed by atoms with Gasteiger partial charge in [-0.05, 0) is 29.8 Å². The van der Waals surface area contributed by atoms with E-state index in [4.69, 9.17) is 4.74 Å². The molecule has 0 saturated heterocycles. The molecule has 1 aliphatic heterocycles. The molecule has 124 valence electrons. The van der Waals surface area contributed by atoms with Crippen LogP contribution >= 0.6 is 0 Å². The average molecular weight is 334 g/mol. The Balaban J connectivity index is 1.93. The highest BCUT2D eigenvalue weighted by atomic mass is 19.4. The number of carbonyl (C=O) groups excluding carboxylic acids is 1. The largest absolute Gasteiger partial charge is 0.441 e. The molecule has 3 rings (SSSR count). The molecule has 7 heteroatoms. The third-order valence-electron chi connectivity index (χ3n) is 3.46. The van der Waals surface area contributed by atoms with Crippen LogP contribution in [0.3, 0.4) is 0 Å². The Labute approximate surface area is 136 Å². The number of carbonyl (C=O) groups is 1. The lowest BCUT2D eigenvalue weighted by molar-refractivity contribution is -0.137. The Morgan fingerprint density at radius 2 is 1.88 bits per heavy atom. The number of hydrazone groups is 1. The van der Waals surface area contributed by atoms with Crippen molar-refractivity contribution < 1.29 is 22.7 Å². The number of para-hydroxylation sites is 1. The molecule has 0 N–H and O–H groups in total. The van der Waals surface area contributed by atoms with Crippen molar-refractivity contribution >= 4 is 11.8 Å². The molecule has 0 spiro atoms. The van der Waals surface area contributed by atoms with Gasteiger partial charge in [-0.3, -0.25) is 4.79 Å². The van der Waals surface area contributed by atoms with Gasteiger partial charge in [-0.15, -0.1) is 5.10 Å². The number of amides is 1. The third kappa shape index (κ3) is 3.24. The van der Waals surface area contributed by atoms with Gasteiger partial charge in [0.05, 0.1) is 17.7 Å². The van der Waals surface area contributed by atoms with Crippen molar-refractivity contribution in [1.29, 1.82) is 0 Å². The van der Waals surface area contributed by atoms with Crippen molar-refractivity contribution in [2.45, 2.75) is 19.6 Å². The van der Waals surface area contributed by atoms with Gasteiger partial charge in [0.1, 0.15) is 5.75 Å². The van der Waals surface area contributed by atoms with Gasteiger partial charge in [-0.25, -0.2) is 5.01 Å². The molecule has 1 heterocycles. The number of fused-ring (bicyclic) bond motifs is 1. The molecule has 0 unspecified atom stereocenters. The van der Waals surface area contributed by atoms with Crippen LogP contribution in [-0.2, 0) is 12.7 Å². The zero-order chi connectivity index (χ0) is 17.3. The summed E-state index contributed by atoms with van der Waals surface area (Å²) in [5.41, 5.74) is -0.126. The lowest BCUT2D eigenvalue weighted by Gasteiger charge is -2.16. The second-order valence-electron chi connectivity index (χ2n) is 5.28. The number of benzene rings is 2. The molecule has 0 aromatic heterocycles. The Hall–Kier alpha value is -2.83. The van der Waals surface area contributed by atoms with Gasteiger partial charge >= 0.3 is 6.18 Å². The van der Waals surface area contributed by atoms with Crippen molar-refractivity contribution in [2.24, 2.45) is 5.10 Å². The SMILES string of the molecule is CC1=NN(Cc2cccc(C(F)(F)F)c2)C(=O)c2ccccc2O1. The summed E-state index contributed by atoms with van der Waals surface area (Å²) in [5, 5.41) is 5.16. The van der Waals surface area contributed by atoms with Crippen molar-refractivity contribution in [3.05, 3.63) is 65.2 Å². The first-order valence-electron chi connectivity index (χ1n) is 7.15. The van der Waals surface area contributed by atoms with Crippen molar-refractivity contribution in [1.82, 2.24) is 5.01 Å². The first-order chi connectivity index (χ1) is 11.3. The van der Waals surface area contributed by atoms with E-state index in [2.05, 4.69) is 5.10 Å². The number of alkyl halides is 3. The summed E-state index contributed by atoms with van der Waals surface area (Å²) < 4.78 is 43.9. The van der Waals surface area contributed by atoms with Crippen LogP contribution in [0.1, 0.15) is 28.4 Å². The van der Waals surface area contributed by atoms with Crippen LogP contribution < -0.4 is 4.74 Å². The molecule has 2 aromatic carbocycles. The monoisotopic (exact) mass is 334 g/mol. The Bertz CT molecular complexity index is 815. The van der Waals surface area contributed by atoms with E-state index in [9.17, 15) is 18.0 Å². The molecule has 0 atom stereocenters. The molecule has 0 saturated carbocycles. The zero-order valence-electron chi connectivity index (χ0n) is 12.7. The van der Waals surface area contributed by atoms with E-state index in [0.717, 1.165) is 17.1 Å². The molecule has 0 aliphatic carbocycles. The van der Waals surface area contributed by atoms with E-state index >= 15 is 0 Å². The third-order valence-corrected chi connectivity index (χ3v) is 3.46. The van der Waals surface area contributed by atoms with Crippen molar-refractivity contribution in [2.75, 3.05) is 0 Å². The Morgan fingerprint density at radius 1 is 1.12 bits per heavy atom. The summed E-state index contributed by atoms with van der Waals surface area (Å²) in [6, 6.07) is 11.5. The van der Waals surface area contributed by atoms with E-state index in [1.807, 2.05) is 0 Å². The van der Waals surface area contributed by atoms with Gasteiger partial charge in [0.15, 0.2) is 0 Å². The van der Waals surface area contributed by atoms with Crippen LogP contribution in [0.15, 0.2) is 53.6 Å². The van der Waals surface area contributed by atoms with Crippen LogP contribution in [-0.4, -0.2) is 16.8 Å². The van der Waals surface area contributed by atoms with E-state index in [-0.39, 0.29) is 12.4 Å². The fourth-order valence-electron chi connectivity index (χ4n) is 2.39. The minimum Gasteiger partial charge on any atom is -0.441 e. The molecular formula is C17H13F3N2O2. The molecule has 0 bridgehead atoms. The predicted molar refractivity (Wildman–Crippen MR) is 81.5 cm³/mol. The smallest absolute Gasteiger partial charge is 0.416 e. The van der Waals surface area contributed by atoms with Crippen LogP contribution in [0.5, 0.6) is 5.75 Å². The van der Waals surface area contributed by atoms with Crippen LogP contribution in [0.2, 0.25) is 0 Å². The van der Waals surface area contributed by atoms with Gasteiger partial charge < -0.3 is 4.74 Å². The molecular weight excluding hydrogens is 321 g/mol. The normalized spacial score (nSPS) is 14.6. The molecule has 1 aliphatic rings. The number of hydrogen-bond acceptors (Lipinski definition) is 3. The standard InChI is InChI=1S/C17H13F3N2O2/c1-11-21-22(16(23)14-7-2-3-8-15(14)24-11)10-12-5-4-6-13(9-12)17(18,19)20/h2-9H,10H2,1H3. The number of halogens is 3. The summed E-state index contributed by atoms with van der Waals surface area (Å²) in [4.78, 5) is 12.6. The highest BCUT2D eigenvalue weighted by molar-refractivity contribution is 5.99. The maximum absolute atomic E-state index is 12.8. The summed E-state index contributed by atoms with van der Waals surface area (Å²) >= 11 is 0. The number of ether oxygens (including phenoxy) is 1. The number of hydrogen-bond donors (Lipinski definition) is 0. The van der Waals surface area contributed by atoms with Crippen LogP contribution in [0.4, 0.5) is 13.2 Å². The van der Waals surface area contributed by atoms with Gasteiger partial charge in [-0.2, -0.15) is 13.2 Å². The summed E-state index contributed by atoms with van der Waals surface area (Å²) in [6.45, 7) is 1.49. The Morgan fingerprint density at radius 3 is 2.62 bits per heavy atom. The first kappa shape index (κ1) is 16.0. The van der Waals surface area contributed by atoms with E-state index in [0.29, 0.717) is 16.9 Å². The minimum absolute atomic E-state index is 0.0855. The molecule has 1 amide bonds. The van der Waals surface area contributed by atoms with E-state index < -0.39 is 17.6 Å². The summed E-state index contributed by atoms with van der Waals surface area (Å²) in [7, 11) is 0. The topological polar surface area (TPSA) is 41.9 Å². The zero-order valence-corrected chi connectivity index (χ0v) is 12.7. The van der Waals surface area contributed by atoms with Gasteiger partial charge in [0.25, 0.3) is 5.91 Å². The molecule has 0 fully saturated rings. The lowest BCUT2D eigenvalue weighted by Crippen LogP contribution is -2.25. The van der Waals surface area contributed by atoms with Crippen LogP contribution in [0.25, 0.3) is 0 Å². The highest BCUT2D eigenvalue weighted by Crippen LogP contribution is 2.30. The molecule has 24 heavy (non-hydrogen) atoms.